The molecule has 19 heavy (non-hydrogen) atoms. The van der Waals surface area contributed by atoms with Gasteiger partial charge in [-0.2, -0.15) is 0 Å². The number of nitrogens with zero attached hydrogens (tertiary/aromatic N) is 1. The maximum atomic E-state index is 12.6. The predicted octanol–water partition coefficient (Wildman–Crippen LogP) is 2.61. The van der Waals surface area contributed by atoms with E-state index in [9.17, 15) is 13.2 Å². The van der Waals surface area contributed by atoms with Crippen LogP contribution in [-0.4, -0.2) is 23.5 Å². The molecule has 1 heterocycles. The Labute approximate surface area is 120 Å². The molecule has 0 amide bonds. The summed E-state index contributed by atoms with van der Waals surface area (Å²) in [5.74, 6) is -0.271. The summed E-state index contributed by atoms with van der Waals surface area (Å²) in [6, 6.07) is 11.2. The van der Waals surface area contributed by atoms with Gasteiger partial charge in [-0.15, -0.1) is 0 Å². The first kappa shape index (κ1) is 14.0. The van der Waals surface area contributed by atoms with Crippen LogP contribution in [0, 0.1) is 6.92 Å². The summed E-state index contributed by atoms with van der Waals surface area (Å²) in [5, 5.41) is 0.0841. The molecule has 0 N–H and O–H groups in total. The van der Waals surface area contributed by atoms with E-state index in [1.54, 1.807) is 31.2 Å². The van der Waals surface area contributed by atoms with Crippen LogP contribution in [0.5, 0.6) is 0 Å². The van der Waals surface area contributed by atoms with Crippen LogP contribution in [0.2, 0.25) is 0 Å². The van der Waals surface area contributed by atoms with Crippen LogP contribution < -0.4 is 0 Å². The van der Waals surface area contributed by atoms with E-state index in [-0.39, 0.29) is 21.7 Å². The number of carbonyl (C=O) groups excluding carboxylic acids is 1. The van der Waals surface area contributed by atoms with E-state index < -0.39 is 10.0 Å². The third-order valence-corrected chi connectivity index (χ3v) is 5.05. The molecule has 0 saturated carbocycles. The minimum atomic E-state index is -3.74. The smallest absolute Gasteiger partial charge is 0.268 e. The average molecular weight is 342 g/mol. The van der Waals surface area contributed by atoms with Crippen LogP contribution in [0.4, 0.5) is 0 Å². The van der Waals surface area contributed by atoms with Gasteiger partial charge in [0, 0.05) is 5.69 Å². The number of halogens is 1. The molecular weight excluding hydrogens is 330 g/mol. The van der Waals surface area contributed by atoms with Crippen molar-refractivity contribution < 1.29 is 13.2 Å². The summed E-state index contributed by atoms with van der Waals surface area (Å²) in [7, 11) is -3.74. The number of aromatic nitrogens is 1. The van der Waals surface area contributed by atoms with Gasteiger partial charge in [0.05, 0.1) is 10.2 Å². The molecule has 0 spiro atoms. The predicted molar refractivity (Wildman–Crippen MR) is 76.3 cm³/mol. The fourth-order valence-electron chi connectivity index (χ4n) is 1.82. The van der Waals surface area contributed by atoms with Crippen molar-refractivity contribution in [3.05, 3.63) is 53.9 Å². The Bertz CT molecular complexity index is 705. The van der Waals surface area contributed by atoms with Crippen LogP contribution in [0.25, 0.3) is 0 Å². The van der Waals surface area contributed by atoms with Gasteiger partial charge in [0.2, 0.25) is 0 Å². The lowest BCUT2D eigenvalue weighted by Gasteiger charge is -2.11. The Morgan fingerprint density at radius 1 is 1.16 bits per heavy atom. The second-order valence-corrected chi connectivity index (χ2v) is 6.35. The van der Waals surface area contributed by atoms with Gasteiger partial charge in [0.1, 0.15) is 5.69 Å². The summed E-state index contributed by atoms with van der Waals surface area (Å²) >= 11 is 3.06. The highest BCUT2D eigenvalue weighted by molar-refractivity contribution is 9.09. The molecule has 6 heteroatoms. The van der Waals surface area contributed by atoms with E-state index in [1.165, 1.54) is 18.2 Å². The minimum Gasteiger partial charge on any atom is -0.292 e. The SMILES string of the molecule is Cc1ccc(C(=O)CBr)n1S(=O)(=O)c1ccccc1. The molecule has 0 saturated heterocycles. The minimum absolute atomic E-state index is 0.0841. The number of carbonyl (C=O) groups is 1. The molecule has 0 atom stereocenters. The van der Waals surface area contributed by atoms with Crippen LogP contribution in [0.1, 0.15) is 16.2 Å². The standard InChI is InChI=1S/C13H12BrNO3S/c1-10-7-8-12(13(16)9-14)15(10)19(17,18)11-5-3-2-4-6-11/h2-8H,9H2,1H3. The maximum absolute atomic E-state index is 12.6. The number of hydrogen-bond donors (Lipinski definition) is 0. The van der Waals surface area contributed by atoms with Crippen molar-refractivity contribution in [2.75, 3.05) is 5.33 Å². The van der Waals surface area contributed by atoms with Gasteiger partial charge in [-0.05, 0) is 31.2 Å². The van der Waals surface area contributed by atoms with Gasteiger partial charge >= 0.3 is 0 Å². The summed E-state index contributed by atoms with van der Waals surface area (Å²) in [6.07, 6.45) is 0. The van der Waals surface area contributed by atoms with Crippen LogP contribution in [0.3, 0.4) is 0 Å². The fraction of sp³-hybridized carbons (Fsp3) is 0.154. The lowest BCUT2D eigenvalue weighted by atomic mass is 10.3. The number of alkyl halides is 1. The van der Waals surface area contributed by atoms with E-state index >= 15 is 0 Å². The quantitative estimate of drug-likeness (QED) is 0.634. The Morgan fingerprint density at radius 2 is 1.79 bits per heavy atom. The first-order valence-corrected chi connectivity index (χ1v) is 8.13. The molecule has 0 aliphatic carbocycles. The van der Waals surface area contributed by atoms with E-state index in [1.807, 2.05) is 0 Å². The summed E-state index contributed by atoms with van der Waals surface area (Å²) in [5.41, 5.74) is 0.673. The molecule has 100 valence electrons. The van der Waals surface area contributed by atoms with Gasteiger partial charge in [-0.25, -0.2) is 12.4 Å². The number of aryl methyl sites for hydroxylation is 1. The topological polar surface area (TPSA) is 56.1 Å². The van der Waals surface area contributed by atoms with Crippen molar-refractivity contribution in [1.82, 2.24) is 3.97 Å². The third kappa shape index (κ3) is 2.50. The second kappa shape index (κ2) is 5.30. The zero-order chi connectivity index (χ0) is 14.0. The number of benzene rings is 1. The summed E-state index contributed by atoms with van der Waals surface area (Å²) in [4.78, 5) is 12.0. The molecule has 2 aromatic rings. The highest BCUT2D eigenvalue weighted by Gasteiger charge is 2.24. The van der Waals surface area contributed by atoms with Crippen LogP contribution >= 0.6 is 15.9 Å². The number of Topliss-reactive ketones (excluding diaryl/α,β-unsaturated/α-hetero) is 1. The molecule has 1 aromatic heterocycles. The molecule has 0 aliphatic rings. The lowest BCUT2D eigenvalue weighted by Crippen LogP contribution is -2.20. The van der Waals surface area contributed by atoms with Crippen molar-refractivity contribution in [1.29, 1.82) is 0 Å². The molecule has 0 fully saturated rings. The largest absolute Gasteiger partial charge is 0.292 e. The summed E-state index contributed by atoms with van der Waals surface area (Å²) in [6.45, 7) is 1.66. The van der Waals surface area contributed by atoms with Crippen molar-refractivity contribution in [2.45, 2.75) is 11.8 Å². The molecule has 1 aromatic carbocycles. The number of ketones is 1. The Balaban J connectivity index is 2.66. The first-order valence-electron chi connectivity index (χ1n) is 5.56. The van der Waals surface area contributed by atoms with Gasteiger partial charge in [-0.3, -0.25) is 4.79 Å². The lowest BCUT2D eigenvalue weighted by molar-refractivity contribution is 0.101. The van der Waals surface area contributed by atoms with E-state index in [4.69, 9.17) is 0 Å². The molecular formula is C13H12BrNO3S. The molecule has 0 radical (unpaired) electrons. The average Bonchev–Trinajstić information content (AvgIpc) is 2.81. The highest BCUT2D eigenvalue weighted by atomic mass is 79.9. The molecule has 0 bridgehead atoms. The fourth-order valence-corrected chi connectivity index (χ4v) is 3.68. The molecule has 2 rings (SSSR count). The van der Waals surface area contributed by atoms with Crippen LogP contribution in [-0.2, 0) is 10.0 Å². The molecule has 4 nitrogen and oxygen atoms in total. The zero-order valence-electron chi connectivity index (χ0n) is 10.2. The normalized spacial score (nSPS) is 11.5. The highest BCUT2D eigenvalue weighted by Crippen LogP contribution is 2.20. The van der Waals surface area contributed by atoms with E-state index in [0.717, 1.165) is 3.97 Å². The maximum Gasteiger partial charge on any atom is 0.268 e. The number of rotatable bonds is 4. The van der Waals surface area contributed by atoms with Crippen molar-refractivity contribution in [2.24, 2.45) is 0 Å². The van der Waals surface area contributed by atoms with Crippen LogP contribution in [0.15, 0.2) is 47.4 Å². The van der Waals surface area contributed by atoms with Gasteiger partial charge < -0.3 is 0 Å². The zero-order valence-corrected chi connectivity index (χ0v) is 12.6. The molecule has 0 unspecified atom stereocenters. The van der Waals surface area contributed by atoms with Crippen molar-refractivity contribution in [3.63, 3.8) is 0 Å². The van der Waals surface area contributed by atoms with Gasteiger partial charge in [0.15, 0.2) is 5.78 Å². The van der Waals surface area contributed by atoms with Gasteiger partial charge in [-0.1, -0.05) is 34.1 Å². The third-order valence-electron chi connectivity index (χ3n) is 2.71. The Kier molecular flexibility index (Phi) is 3.91. The molecule has 0 aliphatic heterocycles. The van der Waals surface area contributed by atoms with Gasteiger partial charge in [0.25, 0.3) is 10.0 Å². The first-order chi connectivity index (χ1) is 8.98. The Hall–Kier alpha value is -1.40. The van der Waals surface area contributed by atoms with Crippen molar-refractivity contribution in [3.8, 4) is 0 Å². The number of hydrogen-bond acceptors (Lipinski definition) is 3. The van der Waals surface area contributed by atoms with E-state index in [2.05, 4.69) is 15.9 Å². The second-order valence-electron chi connectivity index (χ2n) is 4.00. The monoisotopic (exact) mass is 341 g/mol. The summed E-state index contributed by atoms with van der Waals surface area (Å²) < 4.78 is 26.2. The van der Waals surface area contributed by atoms with Crippen molar-refractivity contribution >= 4 is 31.7 Å². The Morgan fingerprint density at radius 3 is 2.37 bits per heavy atom. The van der Waals surface area contributed by atoms with E-state index in [0.29, 0.717) is 5.69 Å².